The van der Waals surface area contributed by atoms with E-state index in [1.165, 1.54) is 23.8 Å². The lowest BCUT2D eigenvalue weighted by atomic mass is 9.99. The molecule has 2 aromatic heterocycles. The van der Waals surface area contributed by atoms with E-state index in [1.54, 1.807) is 0 Å². The Morgan fingerprint density at radius 2 is 2.50 bits per heavy atom. The quantitative estimate of drug-likeness (QED) is 0.916. The van der Waals surface area contributed by atoms with Gasteiger partial charge < -0.3 is 9.88 Å². The van der Waals surface area contributed by atoms with E-state index >= 15 is 0 Å². The molecule has 5 nitrogen and oxygen atoms in total. The molecule has 18 heavy (non-hydrogen) atoms. The van der Waals surface area contributed by atoms with Crippen LogP contribution in [0.25, 0.3) is 0 Å². The molecule has 6 heteroatoms. The van der Waals surface area contributed by atoms with Gasteiger partial charge in [0.05, 0.1) is 0 Å². The molecule has 0 bridgehead atoms. The first-order valence-corrected chi connectivity index (χ1v) is 7.19. The number of nitrogens with one attached hydrogen (secondary N) is 1. The van der Waals surface area contributed by atoms with Gasteiger partial charge in [0.15, 0.2) is 0 Å². The minimum Gasteiger partial charge on any atom is -0.360 e. The second kappa shape index (κ2) is 5.06. The Kier molecular flexibility index (Phi) is 3.27. The zero-order valence-corrected chi connectivity index (χ0v) is 11.3. The molecule has 0 amide bonds. The average Bonchev–Trinajstić information content (AvgIpc) is 3.04. The molecule has 0 spiro atoms. The van der Waals surface area contributed by atoms with E-state index in [4.69, 9.17) is 0 Å². The highest BCUT2D eigenvalue weighted by molar-refractivity contribution is 7.09. The van der Waals surface area contributed by atoms with Gasteiger partial charge in [-0.3, -0.25) is 0 Å². The third-order valence-electron chi connectivity index (χ3n) is 3.36. The average molecular weight is 263 g/mol. The molecule has 0 saturated heterocycles. The maximum atomic E-state index is 4.42. The molecule has 1 atom stereocenters. The molecule has 0 aromatic carbocycles. The Labute approximate surface area is 110 Å². The van der Waals surface area contributed by atoms with Gasteiger partial charge in [-0.25, -0.2) is 9.97 Å². The highest BCUT2D eigenvalue weighted by Crippen LogP contribution is 2.20. The van der Waals surface area contributed by atoms with Crippen LogP contribution < -0.4 is 5.32 Å². The highest BCUT2D eigenvalue weighted by atomic mass is 32.1. The molecule has 0 saturated carbocycles. The zero-order chi connectivity index (χ0) is 12.4. The summed E-state index contributed by atoms with van der Waals surface area (Å²) in [6, 6.07) is 0. The third kappa shape index (κ3) is 2.38. The molecule has 1 aliphatic rings. The van der Waals surface area contributed by atoms with Crippen molar-refractivity contribution in [3.8, 4) is 0 Å². The maximum absolute atomic E-state index is 4.42. The normalized spacial score (nSPS) is 18.6. The van der Waals surface area contributed by atoms with Crippen molar-refractivity contribution in [2.24, 2.45) is 5.92 Å². The molecule has 0 fully saturated rings. The molecule has 3 heterocycles. The smallest absolute Gasteiger partial charge is 0.202 e. The number of hydrogen-bond acceptors (Lipinski definition) is 5. The summed E-state index contributed by atoms with van der Waals surface area (Å²) >= 11 is 1.46. The molecule has 2 aromatic rings. The third-order valence-corrected chi connectivity index (χ3v) is 4.07. The lowest BCUT2D eigenvalue weighted by Gasteiger charge is -2.23. The summed E-state index contributed by atoms with van der Waals surface area (Å²) < 4.78 is 6.54. The Morgan fingerprint density at radius 1 is 1.56 bits per heavy atom. The van der Waals surface area contributed by atoms with E-state index in [0.29, 0.717) is 5.92 Å². The topological polar surface area (TPSA) is 55.6 Å². The molecular formula is C12H17N5S. The fourth-order valence-electron chi connectivity index (χ4n) is 2.30. The first-order chi connectivity index (χ1) is 8.85. The number of hydrogen-bond donors (Lipinski definition) is 1. The predicted octanol–water partition coefficient (Wildman–Crippen LogP) is 1.97. The van der Waals surface area contributed by atoms with Crippen molar-refractivity contribution < 1.29 is 0 Å². The molecule has 96 valence electrons. The Bertz CT molecular complexity index is 518. The summed E-state index contributed by atoms with van der Waals surface area (Å²) in [6.07, 6.45) is 7.14. The van der Waals surface area contributed by atoms with Crippen molar-refractivity contribution >= 4 is 16.7 Å². The molecular weight excluding hydrogens is 246 g/mol. The zero-order valence-electron chi connectivity index (χ0n) is 10.5. The number of fused-ring (bicyclic) bond motifs is 1. The minimum atomic E-state index is 0.653. The number of imidazole rings is 1. The maximum Gasteiger partial charge on any atom is 0.202 e. The fraction of sp³-hybridized carbons (Fsp3) is 0.583. The largest absolute Gasteiger partial charge is 0.360 e. The number of aromatic nitrogens is 4. The van der Waals surface area contributed by atoms with Crippen molar-refractivity contribution in [3.63, 3.8) is 0 Å². The van der Waals surface area contributed by atoms with Gasteiger partial charge in [0.25, 0.3) is 0 Å². The first kappa shape index (κ1) is 11.6. The second-order valence-electron chi connectivity index (χ2n) is 4.65. The van der Waals surface area contributed by atoms with Crippen LogP contribution >= 0.6 is 11.5 Å². The molecule has 1 N–H and O–H groups in total. The molecule has 0 radical (unpaired) electrons. The van der Waals surface area contributed by atoms with E-state index in [2.05, 4.69) is 37.3 Å². The van der Waals surface area contributed by atoms with Gasteiger partial charge in [-0.2, -0.15) is 4.37 Å². The highest BCUT2D eigenvalue weighted by Gasteiger charge is 2.18. The van der Waals surface area contributed by atoms with Crippen LogP contribution in [0.3, 0.4) is 0 Å². The van der Waals surface area contributed by atoms with Crippen LogP contribution in [-0.2, 0) is 19.4 Å². The number of rotatable bonds is 4. The standard InChI is InChI=1S/C12H17N5S/c1-2-10-15-12(18-16-10)14-7-9-3-4-11-13-5-6-17(11)8-9/h5-6,9H,2-4,7-8H2,1H3,(H,14,15,16)/t9-/m1/s1. The van der Waals surface area contributed by atoms with Gasteiger partial charge >= 0.3 is 0 Å². The van der Waals surface area contributed by atoms with Crippen molar-refractivity contribution in [2.45, 2.75) is 32.7 Å². The Morgan fingerprint density at radius 3 is 3.33 bits per heavy atom. The van der Waals surface area contributed by atoms with E-state index in [9.17, 15) is 0 Å². The van der Waals surface area contributed by atoms with Crippen LogP contribution in [0.1, 0.15) is 25.0 Å². The fourth-order valence-corrected chi connectivity index (χ4v) is 2.96. The van der Waals surface area contributed by atoms with Gasteiger partial charge in [0.2, 0.25) is 5.13 Å². The Hall–Kier alpha value is -1.43. The Balaban J connectivity index is 1.55. The van der Waals surface area contributed by atoms with Crippen molar-refractivity contribution in [1.82, 2.24) is 18.9 Å². The molecule has 3 rings (SSSR count). The summed E-state index contributed by atoms with van der Waals surface area (Å²) in [6.45, 7) is 4.10. The first-order valence-electron chi connectivity index (χ1n) is 6.41. The van der Waals surface area contributed by atoms with E-state index in [0.717, 1.165) is 36.9 Å². The van der Waals surface area contributed by atoms with E-state index < -0.39 is 0 Å². The summed E-state index contributed by atoms with van der Waals surface area (Å²) in [5.41, 5.74) is 0. The van der Waals surface area contributed by atoms with Gasteiger partial charge in [-0.15, -0.1) is 0 Å². The lowest BCUT2D eigenvalue weighted by molar-refractivity contribution is 0.381. The van der Waals surface area contributed by atoms with Gasteiger partial charge in [-0.05, 0) is 12.3 Å². The van der Waals surface area contributed by atoms with E-state index in [-0.39, 0.29) is 0 Å². The molecule has 1 aliphatic heterocycles. The number of anilines is 1. The summed E-state index contributed by atoms with van der Waals surface area (Å²) in [5.74, 6) is 2.80. The summed E-state index contributed by atoms with van der Waals surface area (Å²) in [7, 11) is 0. The summed E-state index contributed by atoms with van der Waals surface area (Å²) in [5, 5.41) is 4.35. The van der Waals surface area contributed by atoms with Crippen molar-refractivity contribution in [2.75, 3.05) is 11.9 Å². The molecule has 0 unspecified atom stereocenters. The number of aryl methyl sites for hydroxylation is 2. The molecule has 0 aliphatic carbocycles. The van der Waals surface area contributed by atoms with Crippen molar-refractivity contribution in [3.05, 3.63) is 24.0 Å². The summed E-state index contributed by atoms with van der Waals surface area (Å²) in [4.78, 5) is 8.77. The van der Waals surface area contributed by atoms with Crippen LogP contribution in [0.5, 0.6) is 0 Å². The van der Waals surface area contributed by atoms with E-state index in [1.807, 2.05) is 6.20 Å². The van der Waals surface area contributed by atoms with Gasteiger partial charge in [-0.1, -0.05) is 6.92 Å². The van der Waals surface area contributed by atoms with Crippen LogP contribution in [0, 0.1) is 5.92 Å². The van der Waals surface area contributed by atoms with Crippen LogP contribution in [0.4, 0.5) is 5.13 Å². The second-order valence-corrected chi connectivity index (χ2v) is 5.40. The van der Waals surface area contributed by atoms with Gasteiger partial charge in [0, 0.05) is 49.9 Å². The van der Waals surface area contributed by atoms with Crippen LogP contribution in [-0.4, -0.2) is 25.5 Å². The minimum absolute atomic E-state index is 0.653. The lowest BCUT2D eigenvalue weighted by Crippen LogP contribution is -2.25. The predicted molar refractivity (Wildman–Crippen MR) is 71.8 cm³/mol. The SMILES string of the molecule is CCc1nsc(NC[C@H]2CCc3nccn3C2)n1. The van der Waals surface area contributed by atoms with Crippen molar-refractivity contribution in [1.29, 1.82) is 0 Å². The van der Waals surface area contributed by atoms with Gasteiger partial charge in [0.1, 0.15) is 11.6 Å². The van der Waals surface area contributed by atoms with Crippen LogP contribution in [0.2, 0.25) is 0 Å². The monoisotopic (exact) mass is 263 g/mol. The van der Waals surface area contributed by atoms with Crippen LogP contribution in [0.15, 0.2) is 12.4 Å². The number of nitrogens with zero attached hydrogens (tertiary/aromatic N) is 4.